The van der Waals surface area contributed by atoms with Gasteiger partial charge in [-0.2, -0.15) is 0 Å². The monoisotopic (exact) mass is 505 g/mol. The van der Waals surface area contributed by atoms with Crippen LogP contribution < -0.4 is 19.9 Å². The molecule has 1 aromatic carbocycles. The average molecular weight is 506 g/mol. The van der Waals surface area contributed by atoms with Crippen LogP contribution in [0.5, 0.6) is 11.5 Å². The number of aromatic nitrogens is 2. The Balaban J connectivity index is 1.61. The zero-order valence-electron chi connectivity index (χ0n) is 22.4. The number of benzene rings is 1. The number of aryl methyl sites for hydroxylation is 1. The molecule has 0 saturated carbocycles. The van der Waals surface area contributed by atoms with Crippen molar-refractivity contribution in [2.75, 3.05) is 45.4 Å². The van der Waals surface area contributed by atoms with Gasteiger partial charge in [-0.3, -0.25) is 9.69 Å². The van der Waals surface area contributed by atoms with Crippen molar-refractivity contribution in [2.24, 2.45) is 7.05 Å². The summed E-state index contributed by atoms with van der Waals surface area (Å²) < 4.78 is 18.1. The highest BCUT2D eigenvalue weighted by Gasteiger charge is 2.34. The molecule has 1 aliphatic rings. The van der Waals surface area contributed by atoms with Gasteiger partial charge in [0.25, 0.3) is 11.4 Å². The lowest BCUT2D eigenvalue weighted by atomic mass is 9.99. The Kier molecular flexibility index (Phi) is 8.00. The summed E-state index contributed by atoms with van der Waals surface area (Å²) in [6.45, 7) is 16.5. The van der Waals surface area contributed by atoms with Gasteiger partial charge in [-0.05, 0) is 50.6 Å². The quantitative estimate of drug-likeness (QED) is 0.336. The maximum Gasteiger partial charge on any atom is 0.270 e. The Bertz CT molecular complexity index is 1370. The molecule has 1 unspecified atom stereocenters. The van der Waals surface area contributed by atoms with Crippen LogP contribution in [0.15, 0.2) is 41.2 Å². The Morgan fingerprint density at radius 3 is 2.57 bits per heavy atom. The van der Waals surface area contributed by atoms with Crippen molar-refractivity contribution in [2.45, 2.75) is 38.9 Å². The highest BCUT2D eigenvalue weighted by Crippen LogP contribution is 2.36. The summed E-state index contributed by atoms with van der Waals surface area (Å²) in [4.78, 5) is 25.6. The van der Waals surface area contributed by atoms with Crippen LogP contribution in [0.2, 0.25) is 0 Å². The number of hydrogen-bond acceptors (Lipinski definition) is 7. The van der Waals surface area contributed by atoms with Crippen molar-refractivity contribution in [3.63, 3.8) is 0 Å². The number of pyridine rings is 2. The molecule has 0 spiro atoms. The van der Waals surface area contributed by atoms with E-state index in [0.717, 1.165) is 29.9 Å². The molecule has 3 atom stereocenters. The van der Waals surface area contributed by atoms with E-state index in [1.54, 1.807) is 38.0 Å². The van der Waals surface area contributed by atoms with E-state index in [2.05, 4.69) is 46.5 Å². The van der Waals surface area contributed by atoms with Crippen LogP contribution in [-0.4, -0.2) is 67.1 Å². The van der Waals surface area contributed by atoms with Crippen LogP contribution in [0.3, 0.4) is 0 Å². The van der Waals surface area contributed by atoms with E-state index in [0.29, 0.717) is 36.0 Å². The highest BCUT2D eigenvalue weighted by atomic mass is 16.5. The number of hydrogen-bond donors (Lipinski definition) is 0. The fourth-order valence-corrected chi connectivity index (χ4v) is 5.10. The third-order valence-corrected chi connectivity index (χ3v) is 7.22. The van der Waals surface area contributed by atoms with Gasteiger partial charge in [-0.1, -0.05) is 12.6 Å². The van der Waals surface area contributed by atoms with Crippen molar-refractivity contribution in [1.29, 1.82) is 0 Å². The van der Waals surface area contributed by atoms with Gasteiger partial charge in [0.1, 0.15) is 6.61 Å². The average Bonchev–Trinajstić information content (AvgIpc) is 2.91. The zero-order valence-corrected chi connectivity index (χ0v) is 22.4. The van der Waals surface area contributed by atoms with E-state index < -0.39 is 0 Å². The third kappa shape index (κ3) is 5.26. The van der Waals surface area contributed by atoms with Crippen molar-refractivity contribution >= 4 is 22.5 Å². The van der Waals surface area contributed by atoms with Gasteiger partial charge in [0, 0.05) is 51.4 Å². The summed E-state index contributed by atoms with van der Waals surface area (Å²) in [5.41, 5.74) is 3.25. The molecule has 0 bridgehead atoms. The lowest BCUT2D eigenvalue weighted by Crippen LogP contribution is -2.57. The van der Waals surface area contributed by atoms with E-state index in [1.165, 1.54) is 0 Å². The number of nitrogens with zero attached hydrogens (tertiary/aromatic N) is 5. The van der Waals surface area contributed by atoms with E-state index in [4.69, 9.17) is 20.8 Å². The van der Waals surface area contributed by atoms with Gasteiger partial charge in [0.15, 0.2) is 11.5 Å². The van der Waals surface area contributed by atoms with Crippen molar-refractivity contribution in [3.8, 4) is 11.5 Å². The van der Waals surface area contributed by atoms with Crippen LogP contribution >= 0.6 is 0 Å². The molecule has 0 aliphatic carbocycles. The summed E-state index contributed by atoms with van der Waals surface area (Å²) in [7, 11) is 5.03. The summed E-state index contributed by atoms with van der Waals surface area (Å²) in [5, 5.41) is 0. The predicted molar refractivity (Wildman–Crippen MR) is 145 cm³/mol. The Morgan fingerprint density at radius 2 is 1.86 bits per heavy atom. The third-order valence-electron chi connectivity index (χ3n) is 7.22. The molecule has 0 radical (unpaired) electrons. The van der Waals surface area contributed by atoms with Crippen LogP contribution in [0.4, 0.5) is 11.5 Å². The molecule has 9 heteroatoms. The minimum absolute atomic E-state index is 0.0882. The van der Waals surface area contributed by atoms with Gasteiger partial charge >= 0.3 is 0 Å². The van der Waals surface area contributed by atoms with Crippen molar-refractivity contribution in [3.05, 3.63) is 63.7 Å². The predicted octanol–water partition coefficient (Wildman–Crippen LogP) is 4.18. The first kappa shape index (κ1) is 26.5. The first-order chi connectivity index (χ1) is 17.8. The second-order valence-electron chi connectivity index (χ2n) is 9.55. The second-order valence-corrected chi connectivity index (χ2v) is 9.55. The zero-order chi connectivity index (χ0) is 26.7. The number of fused-ring (bicyclic) bond motifs is 1. The molecule has 3 heterocycles. The molecular weight excluding hydrogens is 470 g/mol. The Labute approximate surface area is 218 Å². The van der Waals surface area contributed by atoms with E-state index >= 15 is 0 Å². The van der Waals surface area contributed by atoms with Gasteiger partial charge in [-0.15, -0.1) is 4.98 Å². The van der Waals surface area contributed by atoms with Crippen molar-refractivity contribution < 1.29 is 14.2 Å². The molecular formula is C28H35N5O4. The molecule has 0 amide bonds. The van der Waals surface area contributed by atoms with Crippen molar-refractivity contribution in [1.82, 2.24) is 14.5 Å². The van der Waals surface area contributed by atoms with Crippen LogP contribution in [0, 0.1) is 6.57 Å². The molecule has 1 aliphatic heterocycles. The molecule has 196 valence electrons. The fraction of sp³-hybridized carbons (Fsp3) is 0.464. The summed E-state index contributed by atoms with van der Waals surface area (Å²) >= 11 is 0. The van der Waals surface area contributed by atoms with Gasteiger partial charge in [0.2, 0.25) is 5.52 Å². The van der Waals surface area contributed by atoms with Gasteiger partial charge in [-0.25, -0.2) is 0 Å². The first-order valence-electron chi connectivity index (χ1n) is 12.5. The number of piperazine rings is 1. The number of rotatable bonds is 8. The SMILES string of the molecule is [C-]#[N+]c1ccc2c(n1)c(N1C[C@@H](C)N(C(C)c3ccc(OC)c(OCCOC)c3)C[C@@H]1C)cc(=O)n2C. The standard InChI is InChI=1S/C28H35N5O4/c1-18-17-33(23-15-27(34)31(5)22-9-11-26(29-4)30-28(22)23)19(2)16-32(18)20(3)21-8-10-24(36-7)25(14-21)37-13-12-35-6/h8-11,14-15,18-20H,12-13,16-17H2,1-3,5-7H3/t18-,19+,20?/m1/s1. The Hall–Kier alpha value is -3.61. The molecule has 37 heavy (non-hydrogen) atoms. The maximum atomic E-state index is 12.8. The molecule has 0 N–H and O–H groups in total. The smallest absolute Gasteiger partial charge is 0.270 e. The molecule has 4 rings (SSSR count). The normalized spacial score (nSPS) is 19.0. The first-order valence-corrected chi connectivity index (χ1v) is 12.5. The summed E-state index contributed by atoms with van der Waals surface area (Å²) in [5.74, 6) is 1.72. The highest BCUT2D eigenvalue weighted by molar-refractivity contribution is 5.89. The summed E-state index contributed by atoms with van der Waals surface area (Å²) in [6, 6.07) is 11.7. The van der Waals surface area contributed by atoms with Gasteiger partial charge < -0.3 is 28.5 Å². The summed E-state index contributed by atoms with van der Waals surface area (Å²) in [6.07, 6.45) is 0. The molecule has 1 saturated heterocycles. The molecule has 2 aromatic heterocycles. The van der Waals surface area contributed by atoms with Crippen LogP contribution in [-0.2, 0) is 11.8 Å². The Morgan fingerprint density at radius 1 is 1.08 bits per heavy atom. The van der Waals surface area contributed by atoms with Gasteiger partial charge in [0.05, 0.1) is 24.9 Å². The molecule has 9 nitrogen and oxygen atoms in total. The second kappa shape index (κ2) is 11.2. The lowest BCUT2D eigenvalue weighted by molar-refractivity contribution is 0.119. The maximum absolute atomic E-state index is 12.8. The van der Waals surface area contributed by atoms with E-state index in [-0.39, 0.29) is 23.7 Å². The minimum atomic E-state index is -0.0882. The minimum Gasteiger partial charge on any atom is -0.493 e. The largest absolute Gasteiger partial charge is 0.493 e. The fourth-order valence-electron chi connectivity index (χ4n) is 5.10. The number of methoxy groups -OCH3 is 2. The lowest BCUT2D eigenvalue weighted by Gasteiger charge is -2.47. The van der Waals surface area contributed by atoms with Crippen LogP contribution in [0.1, 0.15) is 32.4 Å². The number of ether oxygens (including phenoxy) is 3. The van der Waals surface area contributed by atoms with E-state index in [9.17, 15) is 4.79 Å². The van der Waals surface area contributed by atoms with E-state index in [1.807, 2.05) is 18.2 Å². The molecule has 3 aromatic rings. The number of anilines is 1. The molecule has 1 fully saturated rings. The topological polar surface area (TPSA) is 73.4 Å². The van der Waals surface area contributed by atoms with Crippen LogP contribution in [0.25, 0.3) is 15.9 Å².